The van der Waals surface area contributed by atoms with Crippen molar-refractivity contribution in [1.29, 1.82) is 0 Å². The second-order valence-electron chi connectivity index (χ2n) is 6.82. The Labute approximate surface area is 147 Å². The fourth-order valence-corrected chi connectivity index (χ4v) is 3.07. The van der Waals surface area contributed by atoms with Crippen LogP contribution in [0.2, 0.25) is 0 Å². The van der Waals surface area contributed by atoms with Crippen molar-refractivity contribution in [3.05, 3.63) is 0 Å². The van der Waals surface area contributed by atoms with Gasteiger partial charge in [-0.3, -0.25) is 0 Å². The van der Waals surface area contributed by atoms with Crippen molar-refractivity contribution in [3.63, 3.8) is 0 Å². The molecule has 0 aromatic rings. The fraction of sp³-hybridized carbons (Fsp3) is 0.875. The van der Waals surface area contributed by atoms with Crippen LogP contribution < -0.4 is 10.2 Å². The summed E-state index contributed by atoms with van der Waals surface area (Å²) in [6.45, 7) is 3.59. The molecule has 4 nitrogen and oxygen atoms in total. The molecule has 0 bridgehead atoms. The van der Waals surface area contributed by atoms with Crippen LogP contribution in [0, 0.1) is 10.8 Å². The van der Waals surface area contributed by atoms with Crippen molar-refractivity contribution < 1.29 is 47.1 Å². The molecule has 0 heterocycles. The van der Waals surface area contributed by atoms with Gasteiger partial charge < -0.3 is 19.8 Å². The molecule has 0 spiro atoms. The molecule has 2 aliphatic rings. The monoisotopic (exact) mass is 396 g/mol. The van der Waals surface area contributed by atoms with E-state index in [-0.39, 0.29) is 27.3 Å². The van der Waals surface area contributed by atoms with E-state index in [1.165, 1.54) is 12.8 Å². The van der Waals surface area contributed by atoms with Crippen molar-refractivity contribution in [2.45, 2.75) is 78.1 Å². The summed E-state index contributed by atoms with van der Waals surface area (Å²) in [5, 5.41) is 21.1. The minimum atomic E-state index is -0.868. The molecule has 0 radical (unpaired) electrons. The number of hydrogen-bond donors (Lipinski definition) is 0. The van der Waals surface area contributed by atoms with Gasteiger partial charge >= 0.3 is 27.3 Å². The molecule has 2 fully saturated rings. The Morgan fingerprint density at radius 2 is 0.905 bits per heavy atom. The van der Waals surface area contributed by atoms with Crippen LogP contribution in [0.15, 0.2) is 0 Å². The molecule has 0 aliphatic heterocycles. The molecule has 0 aromatic heterocycles. The fourth-order valence-electron chi connectivity index (χ4n) is 3.07. The van der Waals surface area contributed by atoms with E-state index in [0.717, 1.165) is 51.4 Å². The van der Waals surface area contributed by atoms with Gasteiger partial charge in [-0.15, -0.1) is 0 Å². The van der Waals surface area contributed by atoms with E-state index in [1.807, 2.05) is 0 Å². The van der Waals surface area contributed by atoms with Crippen LogP contribution in [-0.4, -0.2) is 11.9 Å². The van der Waals surface area contributed by atoms with Gasteiger partial charge in [0.1, 0.15) is 0 Å². The molecule has 116 valence electrons. The van der Waals surface area contributed by atoms with Crippen LogP contribution in [-0.2, 0) is 36.9 Å². The maximum Gasteiger partial charge on any atom is 2.00 e. The van der Waals surface area contributed by atoms with Gasteiger partial charge in [-0.25, -0.2) is 0 Å². The number of aliphatic carboxylic acids is 2. The quantitative estimate of drug-likeness (QED) is 0.663. The Hall–Kier alpha value is -0.138. The molecule has 0 unspecified atom stereocenters. The molecule has 2 saturated carbocycles. The molecule has 5 heteroatoms. The van der Waals surface area contributed by atoms with Gasteiger partial charge in [-0.1, -0.05) is 52.4 Å². The molecule has 0 atom stereocenters. The Morgan fingerprint density at radius 1 is 0.667 bits per heavy atom. The first-order valence-electron chi connectivity index (χ1n) is 7.73. The van der Waals surface area contributed by atoms with E-state index in [2.05, 4.69) is 0 Å². The van der Waals surface area contributed by atoms with Crippen LogP contribution >= 0.6 is 0 Å². The van der Waals surface area contributed by atoms with E-state index in [4.69, 9.17) is 0 Å². The minimum Gasteiger partial charge on any atom is -0.550 e. The first-order chi connectivity index (χ1) is 9.30. The van der Waals surface area contributed by atoms with Crippen LogP contribution in [0.1, 0.15) is 78.1 Å². The second-order valence-corrected chi connectivity index (χ2v) is 6.82. The molecule has 2 rings (SSSR count). The molecule has 0 saturated heterocycles. The first-order valence-corrected chi connectivity index (χ1v) is 7.73. The SMILES string of the molecule is CC1(C(=O)[O-])CCCCC1.CC1(C(=O)[O-])CCCCC1.[Cd+2]. The molecule has 2 aliphatic carbocycles. The van der Waals surface area contributed by atoms with Gasteiger partial charge in [0.25, 0.3) is 0 Å². The summed E-state index contributed by atoms with van der Waals surface area (Å²) in [5.41, 5.74) is -1.03. The maximum atomic E-state index is 10.6. The zero-order valence-corrected chi connectivity index (χ0v) is 17.4. The Morgan fingerprint density at radius 3 is 1.05 bits per heavy atom. The van der Waals surface area contributed by atoms with Gasteiger partial charge in [0.05, 0.1) is 0 Å². The third-order valence-electron chi connectivity index (χ3n) is 4.90. The predicted octanol–water partition coefficient (Wildman–Crippen LogP) is 1.41. The van der Waals surface area contributed by atoms with Gasteiger partial charge in [0.2, 0.25) is 0 Å². The van der Waals surface area contributed by atoms with Crippen molar-refractivity contribution >= 4 is 11.9 Å². The van der Waals surface area contributed by atoms with Crippen molar-refractivity contribution in [2.24, 2.45) is 10.8 Å². The number of carboxylic acids is 2. The summed E-state index contributed by atoms with van der Waals surface area (Å²) >= 11 is 0. The van der Waals surface area contributed by atoms with Crippen LogP contribution in [0.5, 0.6) is 0 Å². The van der Waals surface area contributed by atoms with Crippen molar-refractivity contribution in [1.82, 2.24) is 0 Å². The van der Waals surface area contributed by atoms with E-state index in [9.17, 15) is 19.8 Å². The number of carboxylic acid groups (broad SMARTS) is 2. The molecule has 0 aromatic carbocycles. The predicted molar refractivity (Wildman–Crippen MR) is 72.4 cm³/mol. The summed E-state index contributed by atoms with van der Waals surface area (Å²) in [6.07, 6.45) is 9.75. The summed E-state index contributed by atoms with van der Waals surface area (Å²) in [4.78, 5) is 21.1. The van der Waals surface area contributed by atoms with E-state index < -0.39 is 22.8 Å². The third kappa shape index (κ3) is 6.24. The van der Waals surface area contributed by atoms with Crippen molar-refractivity contribution in [3.8, 4) is 0 Å². The minimum absolute atomic E-state index is 0. The molecule has 0 N–H and O–H groups in total. The molecule has 21 heavy (non-hydrogen) atoms. The molecule has 0 amide bonds. The van der Waals surface area contributed by atoms with E-state index in [1.54, 1.807) is 13.8 Å². The van der Waals surface area contributed by atoms with Crippen LogP contribution in [0.4, 0.5) is 0 Å². The van der Waals surface area contributed by atoms with E-state index >= 15 is 0 Å². The van der Waals surface area contributed by atoms with E-state index in [0.29, 0.717) is 0 Å². The largest absolute Gasteiger partial charge is 2.00 e. The smallest absolute Gasteiger partial charge is 0.550 e. The van der Waals surface area contributed by atoms with Gasteiger partial charge in [-0.2, -0.15) is 0 Å². The number of hydrogen-bond acceptors (Lipinski definition) is 4. The maximum absolute atomic E-state index is 10.6. The topological polar surface area (TPSA) is 80.3 Å². The average Bonchev–Trinajstić information content (AvgIpc) is 2.41. The zero-order chi connectivity index (χ0) is 15.2. The third-order valence-corrected chi connectivity index (χ3v) is 4.90. The van der Waals surface area contributed by atoms with Gasteiger partial charge in [-0.05, 0) is 25.7 Å². The normalized spacial score (nSPS) is 23.0. The van der Waals surface area contributed by atoms with Gasteiger partial charge in [0.15, 0.2) is 0 Å². The molecular formula is C16H26CdO4. The van der Waals surface area contributed by atoms with Crippen molar-refractivity contribution in [2.75, 3.05) is 0 Å². The summed E-state index contributed by atoms with van der Waals surface area (Å²) < 4.78 is 0. The number of carbonyl (C=O) groups excluding carboxylic acids is 2. The number of rotatable bonds is 2. The number of carbonyl (C=O) groups is 2. The Kier molecular flexibility index (Phi) is 9.04. The summed E-state index contributed by atoms with van der Waals surface area (Å²) in [7, 11) is 0. The molecular weight excluding hydrogens is 369 g/mol. The average molecular weight is 395 g/mol. The zero-order valence-electron chi connectivity index (χ0n) is 13.4. The van der Waals surface area contributed by atoms with Gasteiger partial charge in [0, 0.05) is 22.8 Å². The first kappa shape index (κ1) is 20.9. The van der Waals surface area contributed by atoms with Crippen LogP contribution in [0.25, 0.3) is 0 Å². The standard InChI is InChI=1S/2C8H14O2.Cd/c2*1-8(7(9)10)5-3-2-4-6-8;/h2*2-6H2,1H3,(H,9,10);/q;;+2/p-2. The van der Waals surface area contributed by atoms with Crippen LogP contribution in [0.3, 0.4) is 0 Å². The Balaban J connectivity index is 0.000000364. The second kappa shape index (κ2) is 9.10. The summed E-state index contributed by atoms with van der Waals surface area (Å²) in [5.74, 6) is -1.74. The Bertz CT molecular complexity index is 308. The summed E-state index contributed by atoms with van der Waals surface area (Å²) in [6, 6.07) is 0.